The molecule has 0 saturated heterocycles. The van der Waals surface area contributed by atoms with Gasteiger partial charge in [-0.2, -0.15) is 0 Å². The number of hydrogen-bond donors (Lipinski definition) is 0. The fourth-order valence-electron chi connectivity index (χ4n) is 1.49. The molecule has 0 N–H and O–H groups in total. The van der Waals surface area contributed by atoms with E-state index in [1.165, 1.54) is 5.56 Å². The summed E-state index contributed by atoms with van der Waals surface area (Å²) in [5.74, 6) is 0. The van der Waals surface area contributed by atoms with Crippen LogP contribution in [0.2, 0.25) is 0 Å². The molecule has 1 aromatic carbocycles. The Morgan fingerprint density at radius 3 is 2.56 bits per heavy atom. The van der Waals surface area contributed by atoms with Gasteiger partial charge in [-0.15, -0.1) is 0 Å². The van der Waals surface area contributed by atoms with E-state index >= 15 is 0 Å². The van der Waals surface area contributed by atoms with Crippen LogP contribution in [-0.4, -0.2) is 10.7 Å². The molecule has 0 radical (unpaired) electrons. The minimum atomic E-state index is 0.934. The number of para-hydroxylation sites is 1. The van der Waals surface area contributed by atoms with Crippen molar-refractivity contribution < 1.29 is 0 Å². The zero-order chi connectivity index (χ0) is 11.4. The molecule has 2 aromatic rings. The minimum absolute atomic E-state index is 0.934. The molecule has 0 fully saturated rings. The second-order valence-corrected chi connectivity index (χ2v) is 3.75. The summed E-state index contributed by atoms with van der Waals surface area (Å²) in [6.07, 6.45) is 1.81. The average molecular weight is 210 g/mol. The van der Waals surface area contributed by atoms with E-state index in [1.807, 2.05) is 55.6 Å². The summed E-state index contributed by atoms with van der Waals surface area (Å²) in [7, 11) is 0. The molecular formula is C14H14N2. The number of rotatable bonds is 2. The lowest BCUT2D eigenvalue weighted by atomic mass is 10.2. The van der Waals surface area contributed by atoms with E-state index in [9.17, 15) is 0 Å². The Balaban J connectivity index is 2.32. The van der Waals surface area contributed by atoms with Gasteiger partial charge in [-0.05, 0) is 43.7 Å². The van der Waals surface area contributed by atoms with Crippen LogP contribution in [0.1, 0.15) is 18.2 Å². The topological polar surface area (TPSA) is 25.2 Å². The predicted molar refractivity (Wildman–Crippen MR) is 67.3 cm³/mol. The summed E-state index contributed by atoms with van der Waals surface area (Å²) in [4.78, 5) is 8.83. The Labute approximate surface area is 95.7 Å². The van der Waals surface area contributed by atoms with Crippen molar-refractivity contribution in [2.45, 2.75) is 13.8 Å². The fraction of sp³-hybridized carbons (Fsp3) is 0.143. The fourth-order valence-corrected chi connectivity index (χ4v) is 1.49. The third-order valence-electron chi connectivity index (χ3n) is 2.34. The maximum absolute atomic E-state index is 4.52. The molecule has 16 heavy (non-hydrogen) atoms. The van der Waals surface area contributed by atoms with Gasteiger partial charge in [0.15, 0.2) is 0 Å². The Hall–Kier alpha value is -1.96. The van der Waals surface area contributed by atoms with Gasteiger partial charge in [-0.1, -0.05) is 18.2 Å². The van der Waals surface area contributed by atoms with Crippen LogP contribution in [0.15, 0.2) is 53.7 Å². The van der Waals surface area contributed by atoms with Gasteiger partial charge < -0.3 is 0 Å². The standard InChI is InChI=1S/C14H14N2/c1-11-8-9-15-14(10-11)12(2)16-13-6-4-3-5-7-13/h3-10H,1-2H3. The first-order valence-corrected chi connectivity index (χ1v) is 5.29. The molecule has 2 nitrogen and oxygen atoms in total. The third kappa shape index (κ3) is 2.54. The summed E-state index contributed by atoms with van der Waals surface area (Å²) in [5, 5.41) is 0. The zero-order valence-electron chi connectivity index (χ0n) is 9.51. The van der Waals surface area contributed by atoms with Gasteiger partial charge in [0.1, 0.15) is 0 Å². The first kappa shape index (κ1) is 10.6. The first-order valence-electron chi connectivity index (χ1n) is 5.29. The van der Waals surface area contributed by atoms with Crippen LogP contribution in [0, 0.1) is 6.92 Å². The van der Waals surface area contributed by atoms with Gasteiger partial charge in [0, 0.05) is 6.20 Å². The summed E-state index contributed by atoms with van der Waals surface area (Å²) >= 11 is 0. The van der Waals surface area contributed by atoms with Crippen LogP contribution in [0.4, 0.5) is 5.69 Å². The lowest BCUT2D eigenvalue weighted by Gasteiger charge is -2.01. The highest BCUT2D eigenvalue weighted by Crippen LogP contribution is 2.12. The van der Waals surface area contributed by atoms with Crippen molar-refractivity contribution >= 4 is 11.4 Å². The Kier molecular flexibility index (Phi) is 3.10. The predicted octanol–water partition coefficient (Wildman–Crippen LogP) is 3.53. The molecule has 0 aliphatic carbocycles. The van der Waals surface area contributed by atoms with Gasteiger partial charge in [-0.3, -0.25) is 9.98 Å². The molecule has 0 amide bonds. The molecule has 0 aliphatic rings. The van der Waals surface area contributed by atoms with Crippen LogP contribution in [0.3, 0.4) is 0 Å². The average Bonchev–Trinajstić information content (AvgIpc) is 2.30. The van der Waals surface area contributed by atoms with Crippen molar-refractivity contribution in [1.29, 1.82) is 0 Å². The van der Waals surface area contributed by atoms with E-state index < -0.39 is 0 Å². The molecule has 2 rings (SSSR count). The van der Waals surface area contributed by atoms with Crippen LogP contribution in [-0.2, 0) is 0 Å². The normalized spacial score (nSPS) is 11.5. The first-order chi connectivity index (χ1) is 7.75. The molecule has 1 aromatic heterocycles. The largest absolute Gasteiger partial charge is 0.255 e. The summed E-state index contributed by atoms with van der Waals surface area (Å²) in [6, 6.07) is 13.9. The molecule has 0 spiro atoms. The van der Waals surface area contributed by atoms with Crippen LogP contribution >= 0.6 is 0 Å². The van der Waals surface area contributed by atoms with Crippen molar-refractivity contribution in [2.75, 3.05) is 0 Å². The maximum Gasteiger partial charge on any atom is 0.0844 e. The van der Waals surface area contributed by atoms with E-state index in [2.05, 4.69) is 16.9 Å². The molecule has 0 aliphatic heterocycles. The molecular weight excluding hydrogens is 196 g/mol. The lowest BCUT2D eigenvalue weighted by molar-refractivity contribution is 1.24. The van der Waals surface area contributed by atoms with E-state index in [-0.39, 0.29) is 0 Å². The quantitative estimate of drug-likeness (QED) is 0.696. The highest BCUT2D eigenvalue weighted by molar-refractivity contribution is 5.98. The van der Waals surface area contributed by atoms with Gasteiger partial charge in [0.2, 0.25) is 0 Å². The van der Waals surface area contributed by atoms with Crippen molar-refractivity contribution in [1.82, 2.24) is 4.98 Å². The lowest BCUT2D eigenvalue weighted by Crippen LogP contribution is -1.97. The maximum atomic E-state index is 4.52. The minimum Gasteiger partial charge on any atom is -0.255 e. The monoisotopic (exact) mass is 210 g/mol. The number of aliphatic imine (C=N–C) groups is 1. The molecule has 0 bridgehead atoms. The zero-order valence-corrected chi connectivity index (χ0v) is 9.51. The number of benzene rings is 1. The molecule has 80 valence electrons. The van der Waals surface area contributed by atoms with Gasteiger partial charge >= 0.3 is 0 Å². The van der Waals surface area contributed by atoms with Crippen LogP contribution < -0.4 is 0 Å². The smallest absolute Gasteiger partial charge is 0.0844 e. The number of aromatic nitrogens is 1. The van der Waals surface area contributed by atoms with Gasteiger partial charge in [-0.25, -0.2) is 0 Å². The van der Waals surface area contributed by atoms with Crippen LogP contribution in [0.5, 0.6) is 0 Å². The molecule has 1 heterocycles. The molecule has 0 saturated carbocycles. The van der Waals surface area contributed by atoms with Crippen molar-refractivity contribution in [3.05, 3.63) is 59.9 Å². The molecule has 0 unspecified atom stereocenters. The van der Waals surface area contributed by atoms with E-state index in [0.717, 1.165) is 17.1 Å². The number of nitrogens with zero attached hydrogens (tertiary/aromatic N) is 2. The number of hydrogen-bond acceptors (Lipinski definition) is 2. The summed E-state index contributed by atoms with van der Waals surface area (Å²) in [5.41, 5.74) is 4.04. The van der Waals surface area contributed by atoms with Crippen molar-refractivity contribution in [3.63, 3.8) is 0 Å². The highest BCUT2D eigenvalue weighted by atomic mass is 14.8. The van der Waals surface area contributed by atoms with Crippen LogP contribution in [0.25, 0.3) is 0 Å². The second kappa shape index (κ2) is 4.71. The van der Waals surface area contributed by atoms with Crippen molar-refractivity contribution in [3.8, 4) is 0 Å². The Bertz CT molecular complexity index is 501. The molecule has 2 heteroatoms. The van der Waals surface area contributed by atoms with Gasteiger partial charge in [0.05, 0.1) is 17.1 Å². The number of pyridine rings is 1. The SMILES string of the molecule is CC(=Nc1ccccc1)c1cc(C)ccn1. The van der Waals surface area contributed by atoms with Crippen molar-refractivity contribution in [2.24, 2.45) is 4.99 Å². The molecule has 0 atom stereocenters. The second-order valence-electron chi connectivity index (χ2n) is 3.75. The summed E-state index contributed by atoms with van der Waals surface area (Å²) in [6.45, 7) is 4.04. The highest BCUT2D eigenvalue weighted by Gasteiger charge is 1.99. The Morgan fingerprint density at radius 1 is 1.12 bits per heavy atom. The third-order valence-corrected chi connectivity index (χ3v) is 2.34. The van der Waals surface area contributed by atoms with E-state index in [1.54, 1.807) is 0 Å². The number of aryl methyl sites for hydroxylation is 1. The van der Waals surface area contributed by atoms with E-state index in [0.29, 0.717) is 0 Å². The van der Waals surface area contributed by atoms with Gasteiger partial charge in [0.25, 0.3) is 0 Å². The van der Waals surface area contributed by atoms with E-state index in [4.69, 9.17) is 0 Å². The Morgan fingerprint density at radius 2 is 1.88 bits per heavy atom. The summed E-state index contributed by atoms with van der Waals surface area (Å²) < 4.78 is 0.